The van der Waals surface area contributed by atoms with E-state index < -0.39 is 5.91 Å². The zero-order valence-corrected chi connectivity index (χ0v) is 7.70. The fraction of sp³-hybridized carbons (Fsp3) is 0.300. The molecule has 0 bridgehead atoms. The van der Waals surface area contributed by atoms with Gasteiger partial charge in [0.2, 0.25) is 0 Å². The molecule has 0 atom stereocenters. The average molecular weight is 177 g/mol. The molecule has 1 aromatic rings. The van der Waals surface area contributed by atoms with Gasteiger partial charge in [-0.2, -0.15) is 0 Å². The van der Waals surface area contributed by atoms with Crippen LogP contribution in [0.5, 0.6) is 0 Å². The molecule has 0 radical (unpaired) electrons. The number of benzene rings is 1. The van der Waals surface area contributed by atoms with Crippen LogP contribution in [0.3, 0.4) is 0 Å². The van der Waals surface area contributed by atoms with E-state index in [9.17, 15) is 9.70 Å². The lowest BCUT2D eigenvalue weighted by molar-refractivity contribution is 0.1000. The number of rotatable bonds is 2. The molecule has 0 aliphatic carbocycles. The quantitative estimate of drug-likeness (QED) is 0.651. The third-order valence-electron chi connectivity index (χ3n) is 2.14. The van der Waals surface area contributed by atoms with E-state index in [-0.39, 0.29) is 0 Å². The SMILES string of the molecule is CCc1cccc(C(=O)N=O)c1C. The normalized spacial score (nSPS) is 9.69. The first kappa shape index (κ1) is 9.58. The van der Waals surface area contributed by atoms with Gasteiger partial charge in [0, 0.05) is 10.7 Å². The Balaban J connectivity index is 3.22. The topological polar surface area (TPSA) is 46.5 Å². The summed E-state index contributed by atoms with van der Waals surface area (Å²) in [6.45, 7) is 3.84. The van der Waals surface area contributed by atoms with Crippen molar-refractivity contribution in [1.29, 1.82) is 0 Å². The van der Waals surface area contributed by atoms with Crippen molar-refractivity contribution in [3.05, 3.63) is 39.8 Å². The molecular formula is C10H11NO2. The molecule has 0 aliphatic rings. The Morgan fingerprint density at radius 1 is 1.46 bits per heavy atom. The highest BCUT2D eigenvalue weighted by atomic mass is 16.3. The summed E-state index contributed by atoms with van der Waals surface area (Å²) in [6.07, 6.45) is 0.853. The Morgan fingerprint density at radius 2 is 2.15 bits per heavy atom. The van der Waals surface area contributed by atoms with E-state index in [1.807, 2.05) is 19.9 Å². The van der Waals surface area contributed by atoms with Crippen molar-refractivity contribution in [2.75, 3.05) is 0 Å². The number of carbonyl (C=O) groups excluding carboxylic acids is 1. The van der Waals surface area contributed by atoms with Crippen LogP contribution in [-0.2, 0) is 6.42 Å². The van der Waals surface area contributed by atoms with Crippen LogP contribution in [0.1, 0.15) is 28.4 Å². The Kier molecular flexibility index (Phi) is 2.90. The lowest BCUT2D eigenvalue weighted by Gasteiger charge is -2.04. The second kappa shape index (κ2) is 3.94. The van der Waals surface area contributed by atoms with E-state index in [0.29, 0.717) is 5.56 Å². The molecule has 3 heteroatoms. The molecule has 1 aromatic carbocycles. The van der Waals surface area contributed by atoms with Crippen LogP contribution in [0.25, 0.3) is 0 Å². The van der Waals surface area contributed by atoms with Crippen molar-refractivity contribution in [1.82, 2.24) is 0 Å². The van der Waals surface area contributed by atoms with Crippen LogP contribution in [0, 0.1) is 11.8 Å². The molecule has 0 spiro atoms. The van der Waals surface area contributed by atoms with E-state index in [1.165, 1.54) is 0 Å². The molecule has 0 heterocycles. The molecule has 1 rings (SSSR count). The fourth-order valence-corrected chi connectivity index (χ4v) is 1.35. The lowest BCUT2D eigenvalue weighted by atomic mass is 10.0. The standard InChI is InChI=1S/C10H11NO2/c1-3-8-5-4-6-9(7(8)2)10(12)11-13/h4-6H,3H2,1-2H3. The van der Waals surface area contributed by atoms with Gasteiger partial charge in [-0.3, -0.25) is 4.79 Å². The van der Waals surface area contributed by atoms with E-state index in [2.05, 4.69) is 5.18 Å². The summed E-state index contributed by atoms with van der Waals surface area (Å²) in [5.74, 6) is -0.687. The first-order valence-corrected chi connectivity index (χ1v) is 4.16. The maximum atomic E-state index is 11.0. The van der Waals surface area contributed by atoms with Crippen LogP contribution in [0.15, 0.2) is 23.4 Å². The minimum atomic E-state index is -0.687. The van der Waals surface area contributed by atoms with E-state index in [4.69, 9.17) is 0 Å². The van der Waals surface area contributed by atoms with Gasteiger partial charge in [0.15, 0.2) is 0 Å². The van der Waals surface area contributed by atoms with Crippen LogP contribution >= 0.6 is 0 Å². The number of aryl methyl sites for hydroxylation is 1. The Bertz CT molecular complexity index is 345. The van der Waals surface area contributed by atoms with Crippen molar-refractivity contribution in [2.24, 2.45) is 5.18 Å². The van der Waals surface area contributed by atoms with Gasteiger partial charge in [0.1, 0.15) is 0 Å². The van der Waals surface area contributed by atoms with Crippen molar-refractivity contribution in [2.45, 2.75) is 20.3 Å². The van der Waals surface area contributed by atoms with Crippen molar-refractivity contribution < 1.29 is 4.79 Å². The predicted octanol–water partition coefficient (Wildman–Crippen LogP) is 2.46. The van der Waals surface area contributed by atoms with E-state index >= 15 is 0 Å². The molecule has 13 heavy (non-hydrogen) atoms. The number of nitroso groups, excluding NO2 is 1. The monoisotopic (exact) mass is 177 g/mol. The van der Waals surface area contributed by atoms with Crippen LogP contribution in [0.4, 0.5) is 0 Å². The molecule has 0 saturated heterocycles. The van der Waals surface area contributed by atoms with Gasteiger partial charge < -0.3 is 0 Å². The largest absolute Gasteiger partial charge is 0.317 e. The predicted molar refractivity (Wildman–Crippen MR) is 50.7 cm³/mol. The molecule has 0 aromatic heterocycles. The summed E-state index contributed by atoms with van der Waals surface area (Å²) in [6, 6.07) is 5.33. The first-order valence-electron chi connectivity index (χ1n) is 4.16. The van der Waals surface area contributed by atoms with Crippen LogP contribution in [-0.4, -0.2) is 5.91 Å². The van der Waals surface area contributed by atoms with Gasteiger partial charge in [-0.25, -0.2) is 0 Å². The van der Waals surface area contributed by atoms with Gasteiger partial charge >= 0.3 is 5.91 Å². The number of nitrogens with zero attached hydrogens (tertiary/aromatic N) is 1. The highest BCUT2D eigenvalue weighted by Crippen LogP contribution is 2.15. The van der Waals surface area contributed by atoms with Crippen molar-refractivity contribution in [3.63, 3.8) is 0 Å². The third kappa shape index (κ3) is 1.80. The molecule has 3 nitrogen and oxygen atoms in total. The third-order valence-corrected chi connectivity index (χ3v) is 2.14. The number of hydrogen-bond donors (Lipinski definition) is 0. The number of carbonyl (C=O) groups is 1. The molecule has 0 aliphatic heterocycles. The van der Waals surface area contributed by atoms with Gasteiger partial charge in [-0.1, -0.05) is 19.1 Å². The van der Waals surface area contributed by atoms with E-state index in [0.717, 1.165) is 17.5 Å². The minimum Gasteiger partial charge on any atom is -0.263 e. The molecule has 0 N–H and O–H groups in total. The Morgan fingerprint density at radius 3 is 2.69 bits per heavy atom. The maximum Gasteiger partial charge on any atom is 0.317 e. The summed E-state index contributed by atoms with van der Waals surface area (Å²) in [4.78, 5) is 21.1. The lowest BCUT2D eigenvalue weighted by Crippen LogP contribution is -2.00. The second-order valence-electron chi connectivity index (χ2n) is 2.84. The Hall–Kier alpha value is -1.51. The van der Waals surface area contributed by atoms with Gasteiger partial charge in [-0.05, 0) is 30.5 Å². The second-order valence-corrected chi connectivity index (χ2v) is 2.84. The summed E-state index contributed by atoms with van der Waals surface area (Å²) in [5, 5.41) is 2.41. The minimum absolute atomic E-state index is 0.411. The highest BCUT2D eigenvalue weighted by molar-refractivity contribution is 5.96. The Labute approximate surface area is 76.7 Å². The molecular weight excluding hydrogens is 166 g/mol. The zero-order chi connectivity index (χ0) is 9.84. The summed E-state index contributed by atoms with van der Waals surface area (Å²) in [5.41, 5.74) is 2.35. The molecule has 1 amide bonds. The molecule has 0 saturated carbocycles. The maximum absolute atomic E-state index is 11.0. The summed E-state index contributed by atoms with van der Waals surface area (Å²) in [7, 11) is 0. The van der Waals surface area contributed by atoms with Crippen LogP contribution in [0.2, 0.25) is 0 Å². The smallest absolute Gasteiger partial charge is 0.263 e. The number of amides is 1. The molecule has 68 valence electrons. The van der Waals surface area contributed by atoms with E-state index in [1.54, 1.807) is 12.1 Å². The number of hydrogen-bond acceptors (Lipinski definition) is 2. The summed E-state index contributed by atoms with van der Waals surface area (Å²) < 4.78 is 0. The van der Waals surface area contributed by atoms with Crippen molar-refractivity contribution >= 4 is 5.91 Å². The van der Waals surface area contributed by atoms with Crippen molar-refractivity contribution in [3.8, 4) is 0 Å². The first-order chi connectivity index (χ1) is 6.20. The van der Waals surface area contributed by atoms with Gasteiger partial charge in [0.25, 0.3) is 0 Å². The van der Waals surface area contributed by atoms with Gasteiger partial charge in [-0.15, -0.1) is 4.91 Å². The van der Waals surface area contributed by atoms with Gasteiger partial charge in [0.05, 0.1) is 0 Å². The molecule has 0 fully saturated rings. The average Bonchev–Trinajstić information content (AvgIpc) is 2.17. The highest BCUT2D eigenvalue weighted by Gasteiger charge is 2.10. The fourth-order valence-electron chi connectivity index (χ4n) is 1.35. The summed E-state index contributed by atoms with van der Waals surface area (Å²) >= 11 is 0. The van der Waals surface area contributed by atoms with Crippen LogP contribution < -0.4 is 0 Å². The zero-order valence-electron chi connectivity index (χ0n) is 7.70. The molecule has 0 unspecified atom stereocenters.